The fraction of sp³-hybridized carbons (Fsp3) is 0.462. The molecule has 0 aliphatic heterocycles. The van der Waals surface area contributed by atoms with Gasteiger partial charge in [-0.05, 0) is 31.0 Å². The molecule has 1 unspecified atom stereocenters. The quantitative estimate of drug-likeness (QED) is 0.631. The molecule has 0 fully saturated rings. The second kappa shape index (κ2) is 6.37. The summed E-state index contributed by atoms with van der Waals surface area (Å²) in [5.41, 5.74) is 3.51. The molecule has 18 heavy (non-hydrogen) atoms. The zero-order chi connectivity index (χ0) is 13.7. The number of nitrogens with one attached hydrogen (secondary N) is 2. The lowest BCUT2D eigenvalue weighted by Gasteiger charge is -2.17. The summed E-state index contributed by atoms with van der Waals surface area (Å²) in [5.74, 6) is -0.117. The number of hydrogen-bond acceptors (Lipinski definition) is 4. The Kier molecular flexibility index (Phi) is 5.12. The van der Waals surface area contributed by atoms with Crippen LogP contribution in [0.25, 0.3) is 0 Å². The van der Waals surface area contributed by atoms with Crippen molar-refractivity contribution in [3.8, 4) is 0 Å². The Balaban J connectivity index is 2.90. The van der Waals surface area contributed by atoms with E-state index in [2.05, 4.69) is 10.6 Å². The zero-order valence-corrected chi connectivity index (χ0v) is 10.9. The van der Waals surface area contributed by atoms with Gasteiger partial charge in [-0.15, -0.1) is 0 Å². The van der Waals surface area contributed by atoms with Crippen LogP contribution in [0.1, 0.15) is 18.1 Å². The van der Waals surface area contributed by atoms with Crippen LogP contribution in [0.4, 0.5) is 11.4 Å². The smallest absolute Gasteiger partial charge is 0.221 e. The number of carbonyl (C=O) groups excluding carboxylic acids is 1. The molecule has 1 amide bonds. The van der Waals surface area contributed by atoms with E-state index < -0.39 is 6.10 Å². The van der Waals surface area contributed by atoms with Crippen LogP contribution >= 0.6 is 0 Å². The van der Waals surface area contributed by atoms with E-state index >= 15 is 0 Å². The predicted octanol–water partition coefficient (Wildman–Crippen LogP) is 1.03. The van der Waals surface area contributed by atoms with Gasteiger partial charge in [0.2, 0.25) is 5.91 Å². The molecule has 0 saturated heterocycles. The van der Waals surface area contributed by atoms with Gasteiger partial charge in [0.05, 0.1) is 12.7 Å². The molecular weight excluding hydrogens is 232 g/mol. The van der Waals surface area contributed by atoms with Crippen LogP contribution in [0.5, 0.6) is 0 Å². The molecule has 0 bridgehead atoms. The number of aliphatic hydroxyl groups excluding tert-OH is 2. The van der Waals surface area contributed by atoms with Crippen LogP contribution in [-0.2, 0) is 4.79 Å². The largest absolute Gasteiger partial charge is 0.394 e. The number of aliphatic hydroxyl groups is 2. The minimum Gasteiger partial charge on any atom is -0.394 e. The molecule has 1 atom stereocenters. The molecule has 1 aromatic carbocycles. The summed E-state index contributed by atoms with van der Waals surface area (Å²) in [6.45, 7) is 5.27. The summed E-state index contributed by atoms with van der Waals surface area (Å²) in [4.78, 5) is 11.1. The van der Waals surface area contributed by atoms with Gasteiger partial charge in [0.1, 0.15) is 0 Å². The molecule has 0 saturated carbocycles. The molecule has 0 aliphatic rings. The molecule has 5 nitrogen and oxygen atoms in total. The van der Waals surface area contributed by atoms with Crippen molar-refractivity contribution < 1.29 is 15.0 Å². The average Bonchev–Trinajstić information content (AvgIpc) is 2.32. The maximum absolute atomic E-state index is 11.1. The maximum atomic E-state index is 11.1. The monoisotopic (exact) mass is 252 g/mol. The summed E-state index contributed by atoms with van der Waals surface area (Å²) in [6.07, 6.45) is -0.796. The Morgan fingerprint density at radius 3 is 2.61 bits per heavy atom. The summed E-state index contributed by atoms with van der Waals surface area (Å²) in [5, 5.41) is 23.9. The maximum Gasteiger partial charge on any atom is 0.221 e. The SMILES string of the molecule is CC(=O)Nc1c(C)ccc(NCC(O)CO)c1C. The van der Waals surface area contributed by atoms with E-state index in [-0.39, 0.29) is 19.1 Å². The fourth-order valence-electron chi connectivity index (χ4n) is 1.70. The zero-order valence-electron chi connectivity index (χ0n) is 10.9. The fourth-order valence-corrected chi connectivity index (χ4v) is 1.70. The molecule has 100 valence electrons. The van der Waals surface area contributed by atoms with Gasteiger partial charge in [0, 0.05) is 24.8 Å². The van der Waals surface area contributed by atoms with Crippen LogP contribution in [0.3, 0.4) is 0 Å². The molecular formula is C13H20N2O3. The first-order chi connectivity index (χ1) is 8.45. The van der Waals surface area contributed by atoms with E-state index in [1.165, 1.54) is 6.92 Å². The second-order valence-corrected chi connectivity index (χ2v) is 4.33. The number of aryl methyl sites for hydroxylation is 1. The highest BCUT2D eigenvalue weighted by Gasteiger charge is 2.09. The van der Waals surface area contributed by atoms with Gasteiger partial charge in [-0.25, -0.2) is 0 Å². The first kappa shape index (κ1) is 14.5. The minimum absolute atomic E-state index is 0.117. The standard InChI is InChI=1S/C13H20N2O3/c1-8-4-5-12(14-6-11(18)7-16)9(2)13(8)15-10(3)17/h4-5,11,14,16,18H,6-7H2,1-3H3,(H,15,17). The van der Waals surface area contributed by atoms with Crippen molar-refractivity contribution in [1.29, 1.82) is 0 Å². The van der Waals surface area contributed by atoms with Crippen LogP contribution in [0.15, 0.2) is 12.1 Å². The van der Waals surface area contributed by atoms with E-state index in [1.54, 1.807) is 0 Å². The van der Waals surface area contributed by atoms with Crippen molar-refractivity contribution in [1.82, 2.24) is 0 Å². The van der Waals surface area contributed by atoms with Crippen molar-refractivity contribution in [2.24, 2.45) is 0 Å². The molecule has 4 N–H and O–H groups in total. The first-order valence-electron chi connectivity index (χ1n) is 5.86. The predicted molar refractivity (Wildman–Crippen MR) is 71.8 cm³/mol. The van der Waals surface area contributed by atoms with Gasteiger partial charge in [-0.3, -0.25) is 4.79 Å². The Morgan fingerprint density at radius 2 is 2.06 bits per heavy atom. The third kappa shape index (κ3) is 3.72. The van der Waals surface area contributed by atoms with Crippen molar-refractivity contribution in [3.63, 3.8) is 0 Å². The van der Waals surface area contributed by atoms with Gasteiger partial charge >= 0.3 is 0 Å². The summed E-state index contributed by atoms with van der Waals surface area (Å²) in [7, 11) is 0. The molecule has 0 heterocycles. The molecule has 0 radical (unpaired) electrons. The summed E-state index contributed by atoms with van der Waals surface area (Å²) >= 11 is 0. The number of hydrogen-bond donors (Lipinski definition) is 4. The van der Waals surface area contributed by atoms with Crippen molar-refractivity contribution >= 4 is 17.3 Å². The number of benzene rings is 1. The second-order valence-electron chi connectivity index (χ2n) is 4.33. The van der Waals surface area contributed by atoms with Crippen LogP contribution in [0.2, 0.25) is 0 Å². The normalized spacial score (nSPS) is 12.1. The van der Waals surface area contributed by atoms with Crippen molar-refractivity contribution in [2.45, 2.75) is 26.9 Å². The lowest BCUT2D eigenvalue weighted by molar-refractivity contribution is -0.114. The molecule has 0 aromatic heterocycles. The third-order valence-electron chi connectivity index (χ3n) is 2.71. The number of rotatable bonds is 5. The lowest BCUT2D eigenvalue weighted by atomic mass is 10.1. The Morgan fingerprint density at radius 1 is 1.39 bits per heavy atom. The summed E-state index contributed by atoms with van der Waals surface area (Å²) in [6, 6.07) is 3.78. The molecule has 0 aliphatic carbocycles. The lowest BCUT2D eigenvalue weighted by Crippen LogP contribution is -2.23. The van der Waals surface area contributed by atoms with Gasteiger partial charge in [0.25, 0.3) is 0 Å². The summed E-state index contributed by atoms with van der Waals surface area (Å²) < 4.78 is 0. The van der Waals surface area contributed by atoms with E-state index in [1.807, 2.05) is 26.0 Å². The highest BCUT2D eigenvalue weighted by Crippen LogP contribution is 2.27. The van der Waals surface area contributed by atoms with E-state index in [4.69, 9.17) is 5.11 Å². The van der Waals surface area contributed by atoms with E-state index in [9.17, 15) is 9.90 Å². The van der Waals surface area contributed by atoms with Gasteiger partial charge in [0.15, 0.2) is 0 Å². The number of carbonyl (C=O) groups is 1. The first-order valence-corrected chi connectivity index (χ1v) is 5.86. The van der Waals surface area contributed by atoms with Crippen LogP contribution in [-0.4, -0.2) is 35.4 Å². The Labute approximate surface area is 107 Å². The molecule has 5 heteroatoms. The Hall–Kier alpha value is -1.59. The highest BCUT2D eigenvalue weighted by molar-refractivity contribution is 5.91. The third-order valence-corrected chi connectivity index (χ3v) is 2.71. The minimum atomic E-state index is -0.796. The average molecular weight is 252 g/mol. The van der Waals surface area contributed by atoms with Gasteiger partial charge < -0.3 is 20.8 Å². The number of anilines is 2. The van der Waals surface area contributed by atoms with Crippen LogP contribution < -0.4 is 10.6 Å². The van der Waals surface area contributed by atoms with Crippen LogP contribution in [0, 0.1) is 13.8 Å². The van der Waals surface area contributed by atoms with E-state index in [0.717, 1.165) is 22.5 Å². The van der Waals surface area contributed by atoms with Gasteiger partial charge in [-0.1, -0.05) is 6.07 Å². The molecule has 1 aromatic rings. The number of amides is 1. The topological polar surface area (TPSA) is 81.6 Å². The van der Waals surface area contributed by atoms with E-state index in [0.29, 0.717) is 0 Å². The Bertz CT molecular complexity index is 432. The highest BCUT2D eigenvalue weighted by atomic mass is 16.3. The molecule has 0 spiro atoms. The molecule has 1 rings (SSSR count). The van der Waals surface area contributed by atoms with Crippen molar-refractivity contribution in [2.75, 3.05) is 23.8 Å². The van der Waals surface area contributed by atoms with Gasteiger partial charge in [-0.2, -0.15) is 0 Å². The van der Waals surface area contributed by atoms with Crippen molar-refractivity contribution in [3.05, 3.63) is 23.3 Å².